The Labute approximate surface area is 217 Å². The van der Waals surface area contributed by atoms with Crippen LogP contribution in [0.2, 0.25) is 0 Å². The molecule has 2 aromatic heterocycles. The number of piperazine rings is 1. The van der Waals surface area contributed by atoms with Crippen LogP contribution in [0.4, 0.5) is 23.1 Å². The minimum atomic E-state index is -0.166. The van der Waals surface area contributed by atoms with E-state index >= 15 is 0 Å². The molecule has 2 saturated heterocycles. The summed E-state index contributed by atoms with van der Waals surface area (Å²) in [6.07, 6.45) is 7.61. The maximum Gasteiger partial charge on any atom is 0.243 e. The standard InChI is InChI=1S/C27H33N9O/c1-4-12-36-19-28-24-25(30-20-7-9-22(10-8-20)34-16-14-33(6-3)15-17-34)31-27(32-26(24)36)35-13-11-21(18-35)29-23(37)5-2/h4-10,19,21H,1-3,11-18H2,(H,29,37)(H,30,31,32)/t21-/m0/s1. The molecule has 0 aliphatic carbocycles. The molecule has 10 heteroatoms. The van der Waals surface area contributed by atoms with E-state index in [-0.39, 0.29) is 11.9 Å². The maximum atomic E-state index is 11.8. The number of carbonyl (C=O) groups is 1. The van der Waals surface area contributed by atoms with Crippen LogP contribution in [0.5, 0.6) is 0 Å². The second-order valence-corrected chi connectivity index (χ2v) is 9.25. The van der Waals surface area contributed by atoms with E-state index in [4.69, 9.17) is 9.97 Å². The van der Waals surface area contributed by atoms with Gasteiger partial charge in [-0.05, 0) is 43.0 Å². The van der Waals surface area contributed by atoms with Gasteiger partial charge in [-0.25, -0.2) is 4.98 Å². The lowest BCUT2D eigenvalue weighted by Gasteiger charge is -2.35. The molecular weight excluding hydrogens is 466 g/mol. The molecule has 10 nitrogen and oxygen atoms in total. The van der Waals surface area contributed by atoms with Crippen molar-refractivity contribution >= 4 is 40.2 Å². The highest BCUT2D eigenvalue weighted by Crippen LogP contribution is 2.28. The zero-order chi connectivity index (χ0) is 25.8. The third kappa shape index (κ3) is 5.28. The van der Waals surface area contributed by atoms with Crippen LogP contribution < -0.4 is 20.4 Å². The first-order valence-electron chi connectivity index (χ1n) is 12.6. The van der Waals surface area contributed by atoms with Crippen molar-refractivity contribution in [2.24, 2.45) is 0 Å². The maximum absolute atomic E-state index is 11.8. The van der Waals surface area contributed by atoms with E-state index in [0.717, 1.165) is 50.5 Å². The van der Waals surface area contributed by atoms with Gasteiger partial charge in [-0.2, -0.15) is 9.97 Å². The molecular formula is C27H33N9O. The first-order valence-corrected chi connectivity index (χ1v) is 12.6. The zero-order valence-corrected chi connectivity index (χ0v) is 21.0. The van der Waals surface area contributed by atoms with Crippen LogP contribution in [0.1, 0.15) is 6.42 Å². The number of anilines is 4. The first kappa shape index (κ1) is 24.4. The number of aromatic nitrogens is 4. The minimum Gasteiger partial charge on any atom is -0.374 e. The van der Waals surface area contributed by atoms with Crippen molar-refractivity contribution in [3.63, 3.8) is 0 Å². The van der Waals surface area contributed by atoms with Crippen LogP contribution in [0.25, 0.3) is 11.2 Å². The predicted molar refractivity (Wildman–Crippen MR) is 148 cm³/mol. The highest BCUT2D eigenvalue weighted by atomic mass is 16.1. The summed E-state index contributed by atoms with van der Waals surface area (Å²) in [6, 6.07) is 8.43. The van der Waals surface area contributed by atoms with Gasteiger partial charge in [-0.15, -0.1) is 6.58 Å². The number of hydrogen-bond acceptors (Lipinski definition) is 8. The Morgan fingerprint density at radius 2 is 1.81 bits per heavy atom. The summed E-state index contributed by atoms with van der Waals surface area (Å²) >= 11 is 0. The molecule has 0 unspecified atom stereocenters. The quantitative estimate of drug-likeness (QED) is 0.343. The normalized spacial score (nSPS) is 17.6. The molecule has 0 bridgehead atoms. The number of amides is 1. The molecule has 2 aliphatic heterocycles. The van der Waals surface area contributed by atoms with Crippen LogP contribution >= 0.6 is 0 Å². The van der Waals surface area contributed by atoms with Gasteiger partial charge in [0, 0.05) is 63.2 Å². The number of nitrogens with one attached hydrogen (secondary N) is 2. The molecule has 1 atom stereocenters. The molecule has 1 aromatic carbocycles. The van der Waals surface area contributed by atoms with Crippen molar-refractivity contribution in [3.05, 3.63) is 68.7 Å². The van der Waals surface area contributed by atoms with Crippen molar-refractivity contribution in [1.82, 2.24) is 29.7 Å². The summed E-state index contributed by atoms with van der Waals surface area (Å²) in [5.41, 5.74) is 3.56. The van der Waals surface area contributed by atoms with Gasteiger partial charge in [-0.3, -0.25) is 4.79 Å². The molecule has 0 saturated carbocycles. The molecule has 2 fully saturated rings. The number of fused-ring (bicyclic) bond motifs is 1. The highest BCUT2D eigenvalue weighted by molar-refractivity contribution is 5.88. The number of hydrogen-bond donors (Lipinski definition) is 2. The van der Waals surface area contributed by atoms with Gasteiger partial charge in [0.25, 0.3) is 0 Å². The fraction of sp³-hybridized carbons (Fsp3) is 0.333. The Hall–Kier alpha value is -4.34. The molecule has 2 aliphatic rings. The van der Waals surface area contributed by atoms with E-state index in [1.165, 1.54) is 11.8 Å². The Morgan fingerprint density at radius 3 is 2.51 bits per heavy atom. The number of benzene rings is 1. The van der Waals surface area contributed by atoms with Crippen LogP contribution in [0, 0.1) is 0 Å². The largest absolute Gasteiger partial charge is 0.374 e. The van der Waals surface area contributed by atoms with Crippen LogP contribution in [-0.4, -0.2) is 75.6 Å². The van der Waals surface area contributed by atoms with E-state index in [1.807, 2.05) is 16.8 Å². The van der Waals surface area contributed by atoms with E-state index in [1.54, 1.807) is 6.33 Å². The summed E-state index contributed by atoms with van der Waals surface area (Å²) < 4.78 is 1.96. The first-order chi connectivity index (χ1) is 18.1. The van der Waals surface area contributed by atoms with Crippen LogP contribution in [0.15, 0.2) is 68.7 Å². The fourth-order valence-corrected chi connectivity index (χ4v) is 4.81. The molecule has 192 valence electrons. The molecule has 2 N–H and O–H groups in total. The van der Waals surface area contributed by atoms with Crippen molar-refractivity contribution in [2.45, 2.75) is 19.0 Å². The van der Waals surface area contributed by atoms with E-state index in [9.17, 15) is 4.79 Å². The van der Waals surface area contributed by atoms with E-state index < -0.39 is 0 Å². The Morgan fingerprint density at radius 1 is 1.03 bits per heavy atom. The lowest BCUT2D eigenvalue weighted by Crippen LogP contribution is -2.43. The van der Waals surface area contributed by atoms with Gasteiger partial charge in [0.2, 0.25) is 11.9 Å². The van der Waals surface area contributed by atoms with E-state index in [2.05, 4.69) is 74.3 Å². The SMILES string of the molecule is C=CCn1cnc2c(Nc3ccc(N4CCN(C=C)CC4)cc3)nc(N3CC[C@H](NC(=O)C=C)C3)nc21. The highest BCUT2D eigenvalue weighted by Gasteiger charge is 2.27. The molecule has 1 amide bonds. The molecule has 4 heterocycles. The number of allylic oxidation sites excluding steroid dienone is 1. The molecule has 0 radical (unpaired) electrons. The third-order valence-corrected chi connectivity index (χ3v) is 6.85. The summed E-state index contributed by atoms with van der Waals surface area (Å²) in [4.78, 5) is 32.8. The number of carbonyl (C=O) groups excluding carboxylic acids is 1. The molecule has 5 rings (SSSR count). The smallest absolute Gasteiger partial charge is 0.243 e. The summed E-state index contributed by atoms with van der Waals surface area (Å²) in [6.45, 7) is 17.1. The van der Waals surface area contributed by atoms with Gasteiger partial charge < -0.3 is 29.9 Å². The Balaban J connectivity index is 1.38. The van der Waals surface area contributed by atoms with Crippen molar-refractivity contribution in [3.8, 4) is 0 Å². The van der Waals surface area contributed by atoms with E-state index in [0.29, 0.717) is 30.4 Å². The van der Waals surface area contributed by atoms with Crippen LogP contribution in [-0.2, 0) is 11.3 Å². The van der Waals surface area contributed by atoms with Crippen molar-refractivity contribution < 1.29 is 4.79 Å². The average molecular weight is 500 g/mol. The molecule has 3 aromatic rings. The van der Waals surface area contributed by atoms with Gasteiger partial charge in [-0.1, -0.05) is 19.2 Å². The second kappa shape index (κ2) is 10.7. The average Bonchev–Trinajstić information content (AvgIpc) is 3.57. The van der Waals surface area contributed by atoms with Crippen molar-refractivity contribution in [2.75, 3.05) is 54.4 Å². The molecule has 0 spiro atoms. The van der Waals surface area contributed by atoms with Crippen LogP contribution in [0.3, 0.4) is 0 Å². The number of rotatable bonds is 9. The van der Waals surface area contributed by atoms with Gasteiger partial charge in [0.15, 0.2) is 17.0 Å². The minimum absolute atomic E-state index is 0.0279. The lowest BCUT2D eigenvalue weighted by atomic mass is 10.2. The monoisotopic (exact) mass is 499 g/mol. The van der Waals surface area contributed by atoms with Crippen molar-refractivity contribution in [1.29, 1.82) is 0 Å². The Kier molecular flexibility index (Phi) is 7.07. The fourth-order valence-electron chi connectivity index (χ4n) is 4.81. The number of nitrogens with zero attached hydrogens (tertiary/aromatic N) is 7. The summed E-state index contributed by atoms with van der Waals surface area (Å²) in [5, 5.41) is 6.44. The van der Waals surface area contributed by atoms with Gasteiger partial charge >= 0.3 is 0 Å². The second-order valence-electron chi connectivity index (χ2n) is 9.25. The van der Waals surface area contributed by atoms with Gasteiger partial charge in [0.1, 0.15) is 0 Å². The third-order valence-electron chi connectivity index (χ3n) is 6.85. The lowest BCUT2D eigenvalue weighted by molar-refractivity contribution is -0.117. The zero-order valence-electron chi connectivity index (χ0n) is 21.0. The predicted octanol–water partition coefficient (Wildman–Crippen LogP) is 2.90. The Bertz CT molecular complexity index is 1290. The number of imidazole rings is 1. The summed E-state index contributed by atoms with van der Waals surface area (Å²) in [7, 11) is 0. The summed E-state index contributed by atoms with van der Waals surface area (Å²) in [5.74, 6) is 1.09. The topological polar surface area (TPSA) is 94.5 Å². The molecule has 37 heavy (non-hydrogen) atoms. The van der Waals surface area contributed by atoms with Gasteiger partial charge in [0.05, 0.1) is 6.33 Å².